The first-order valence-corrected chi connectivity index (χ1v) is 2.79. The Hall–Kier alpha value is -0.890. The molecule has 0 fully saturated rings. The summed E-state index contributed by atoms with van der Waals surface area (Å²) in [5.74, 6) is 0. The zero-order chi connectivity index (χ0) is 7.28. The van der Waals surface area contributed by atoms with Crippen LogP contribution in [0.3, 0.4) is 0 Å². The smallest absolute Gasteiger partial charge is 0.0561 e. The molecule has 1 atom stereocenters. The predicted octanol–water partition coefficient (Wildman–Crippen LogP) is 1.10. The van der Waals surface area contributed by atoms with Gasteiger partial charge in [0.2, 0.25) is 0 Å². The second-order valence-electron chi connectivity index (χ2n) is 1.73. The van der Waals surface area contributed by atoms with Crippen LogP contribution in [0.25, 0.3) is 0 Å². The van der Waals surface area contributed by atoms with E-state index >= 15 is 0 Å². The Labute approximate surface area is 55.8 Å². The van der Waals surface area contributed by atoms with Crippen molar-refractivity contribution in [1.29, 1.82) is 0 Å². The molecule has 0 aromatic heterocycles. The van der Waals surface area contributed by atoms with Gasteiger partial charge in [0.25, 0.3) is 0 Å². The van der Waals surface area contributed by atoms with Gasteiger partial charge in [-0.1, -0.05) is 13.2 Å². The van der Waals surface area contributed by atoms with Gasteiger partial charge in [-0.15, -0.1) is 0 Å². The van der Waals surface area contributed by atoms with Gasteiger partial charge in [-0.2, -0.15) is 0 Å². The van der Waals surface area contributed by atoms with Gasteiger partial charge < -0.3 is 5.73 Å². The number of nitrogens with zero attached hydrogens (tertiary/aromatic N) is 1. The molecule has 0 saturated heterocycles. The van der Waals surface area contributed by atoms with Crippen LogP contribution in [-0.4, -0.2) is 11.8 Å². The van der Waals surface area contributed by atoms with Gasteiger partial charge >= 0.3 is 0 Å². The van der Waals surface area contributed by atoms with Crippen molar-refractivity contribution < 1.29 is 0 Å². The lowest BCUT2D eigenvalue weighted by atomic mass is 10.2. The van der Waals surface area contributed by atoms with Crippen molar-refractivity contribution in [3.05, 3.63) is 25.4 Å². The molecule has 0 saturated carbocycles. The lowest BCUT2D eigenvalue weighted by molar-refractivity contribution is 0.978. The summed E-state index contributed by atoms with van der Waals surface area (Å²) in [5.41, 5.74) is 6.25. The normalized spacial score (nSPS) is 14.7. The maximum atomic E-state index is 5.48. The maximum absolute atomic E-state index is 5.48. The molecule has 1 unspecified atom stereocenters. The van der Waals surface area contributed by atoms with E-state index in [4.69, 9.17) is 5.73 Å². The molecule has 0 spiro atoms. The van der Waals surface area contributed by atoms with E-state index in [9.17, 15) is 0 Å². The van der Waals surface area contributed by atoms with Crippen molar-refractivity contribution in [3.8, 4) is 0 Å². The maximum Gasteiger partial charge on any atom is 0.0561 e. The quantitative estimate of drug-likeness (QED) is 0.562. The van der Waals surface area contributed by atoms with E-state index in [1.54, 1.807) is 6.08 Å². The molecule has 0 bridgehead atoms. The Morgan fingerprint density at radius 2 is 2.22 bits per heavy atom. The van der Waals surface area contributed by atoms with Crippen molar-refractivity contribution in [3.63, 3.8) is 0 Å². The zero-order valence-electron chi connectivity index (χ0n) is 5.67. The molecule has 0 heterocycles. The summed E-state index contributed by atoms with van der Waals surface area (Å²) >= 11 is 0. The summed E-state index contributed by atoms with van der Waals surface area (Å²) in [6.45, 7) is 8.83. The first-order valence-electron chi connectivity index (χ1n) is 2.79. The van der Waals surface area contributed by atoms with Crippen molar-refractivity contribution in [2.45, 2.75) is 13.0 Å². The van der Waals surface area contributed by atoms with Gasteiger partial charge in [-0.25, -0.2) is 0 Å². The van der Waals surface area contributed by atoms with Crippen LogP contribution in [0.15, 0.2) is 30.4 Å². The summed E-state index contributed by atoms with van der Waals surface area (Å²) in [4.78, 5) is 3.88. The molecule has 0 radical (unpaired) electrons. The van der Waals surface area contributed by atoms with Gasteiger partial charge in [0.1, 0.15) is 0 Å². The van der Waals surface area contributed by atoms with Gasteiger partial charge in [-0.05, 0) is 13.0 Å². The Balaban J connectivity index is 4.13. The number of aliphatic imine (C=N–C) groups is 1. The van der Waals surface area contributed by atoms with E-state index in [0.717, 1.165) is 5.71 Å². The predicted molar refractivity (Wildman–Crippen MR) is 41.5 cm³/mol. The van der Waals surface area contributed by atoms with Gasteiger partial charge in [-0.3, -0.25) is 4.99 Å². The fourth-order valence-corrected chi connectivity index (χ4v) is 0.462. The van der Waals surface area contributed by atoms with Gasteiger partial charge in [0.05, 0.1) is 5.71 Å². The van der Waals surface area contributed by atoms with Crippen molar-refractivity contribution in [2.24, 2.45) is 10.7 Å². The highest BCUT2D eigenvalue weighted by atomic mass is 14.8. The number of hydrogen-bond donors (Lipinski definition) is 1. The highest BCUT2D eigenvalue weighted by Gasteiger charge is 1.96. The molecule has 50 valence electrons. The SMILES string of the molecule is C=CN=C(C=C)C(C)N. The van der Waals surface area contributed by atoms with Crippen LogP contribution in [0.5, 0.6) is 0 Å². The molecular formula is C7H12N2. The van der Waals surface area contributed by atoms with E-state index in [1.807, 2.05) is 6.92 Å². The standard InChI is InChI=1S/C7H12N2/c1-4-7(6(3)8)9-5-2/h4-6H,1-2,8H2,3H3. The molecule has 0 rings (SSSR count). The van der Waals surface area contributed by atoms with Crippen LogP contribution in [0.2, 0.25) is 0 Å². The van der Waals surface area contributed by atoms with Crippen molar-refractivity contribution in [2.75, 3.05) is 0 Å². The van der Waals surface area contributed by atoms with Gasteiger partial charge in [0.15, 0.2) is 0 Å². The molecule has 0 aromatic carbocycles. The highest BCUT2D eigenvalue weighted by molar-refractivity contribution is 5.98. The largest absolute Gasteiger partial charge is 0.323 e. The minimum absolute atomic E-state index is 0.0551. The molecule has 2 N–H and O–H groups in total. The summed E-state index contributed by atoms with van der Waals surface area (Å²) < 4.78 is 0. The zero-order valence-corrected chi connectivity index (χ0v) is 5.67. The molecule has 9 heavy (non-hydrogen) atoms. The monoisotopic (exact) mass is 124 g/mol. The number of nitrogens with two attached hydrogens (primary N) is 1. The summed E-state index contributed by atoms with van der Waals surface area (Å²) in [6, 6.07) is -0.0551. The van der Waals surface area contributed by atoms with Crippen LogP contribution in [0, 0.1) is 0 Å². The van der Waals surface area contributed by atoms with Crippen LogP contribution < -0.4 is 5.73 Å². The topological polar surface area (TPSA) is 38.4 Å². The number of hydrogen-bond acceptors (Lipinski definition) is 2. The first kappa shape index (κ1) is 8.11. The van der Waals surface area contributed by atoms with Crippen LogP contribution in [-0.2, 0) is 0 Å². The lowest BCUT2D eigenvalue weighted by Gasteiger charge is -2.01. The third kappa shape index (κ3) is 2.82. The molecule has 0 aliphatic carbocycles. The molecule has 0 amide bonds. The Kier molecular flexibility index (Phi) is 3.64. The Morgan fingerprint density at radius 1 is 1.67 bits per heavy atom. The van der Waals surface area contributed by atoms with Crippen LogP contribution in [0.4, 0.5) is 0 Å². The lowest BCUT2D eigenvalue weighted by Crippen LogP contribution is -2.24. The van der Waals surface area contributed by atoms with E-state index in [0.29, 0.717) is 0 Å². The third-order valence-electron chi connectivity index (χ3n) is 0.916. The van der Waals surface area contributed by atoms with E-state index in [2.05, 4.69) is 18.2 Å². The summed E-state index contributed by atoms with van der Waals surface area (Å²) in [6.07, 6.45) is 3.09. The van der Waals surface area contributed by atoms with Gasteiger partial charge in [0, 0.05) is 12.2 Å². The molecule has 2 heteroatoms. The van der Waals surface area contributed by atoms with Crippen molar-refractivity contribution >= 4 is 5.71 Å². The summed E-state index contributed by atoms with van der Waals surface area (Å²) in [5, 5.41) is 0. The first-order chi connectivity index (χ1) is 4.22. The minimum atomic E-state index is -0.0551. The van der Waals surface area contributed by atoms with E-state index in [-0.39, 0.29) is 6.04 Å². The number of rotatable bonds is 3. The van der Waals surface area contributed by atoms with E-state index in [1.165, 1.54) is 6.20 Å². The van der Waals surface area contributed by atoms with E-state index < -0.39 is 0 Å². The van der Waals surface area contributed by atoms with Crippen molar-refractivity contribution in [1.82, 2.24) is 0 Å². The Bertz CT molecular complexity index is 134. The fourth-order valence-electron chi connectivity index (χ4n) is 0.462. The molecular weight excluding hydrogens is 112 g/mol. The van der Waals surface area contributed by atoms with Crippen LogP contribution in [0.1, 0.15) is 6.92 Å². The second-order valence-corrected chi connectivity index (χ2v) is 1.73. The fraction of sp³-hybridized carbons (Fsp3) is 0.286. The molecule has 2 nitrogen and oxygen atoms in total. The highest BCUT2D eigenvalue weighted by Crippen LogP contribution is 1.86. The average molecular weight is 124 g/mol. The third-order valence-corrected chi connectivity index (χ3v) is 0.916. The molecule has 0 aliphatic heterocycles. The molecule has 0 aromatic rings. The average Bonchev–Trinajstić information content (AvgIpc) is 1.82. The second kappa shape index (κ2) is 4.04. The Morgan fingerprint density at radius 3 is 2.33 bits per heavy atom. The molecule has 0 aliphatic rings. The minimum Gasteiger partial charge on any atom is -0.323 e. The summed E-state index contributed by atoms with van der Waals surface area (Å²) in [7, 11) is 0. The van der Waals surface area contributed by atoms with Crippen LogP contribution >= 0.6 is 0 Å².